The fourth-order valence-electron chi connectivity index (χ4n) is 7.59. The summed E-state index contributed by atoms with van der Waals surface area (Å²) in [4.78, 5) is 75.3. The van der Waals surface area contributed by atoms with Gasteiger partial charge in [0.15, 0.2) is 6.29 Å². The predicted octanol–water partition coefficient (Wildman–Crippen LogP) is -2.11. The van der Waals surface area contributed by atoms with Crippen molar-refractivity contribution in [1.29, 1.82) is 0 Å². The van der Waals surface area contributed by atoms with Crippen LogP contribution in [0.2, 0.25) is 0 Å². The molecule has 2 heterocycles. The number of hydrogen-bond donors (Lipinski definition) is 10. The minimum absolute atomic E-state index is 0.00618. The molecule has 0 saturated carbocycles. The van der Waals surface area contributed by atoms with E-state index in [-0.39, 0.29) is 87.1 Å². The van der Waals surface area contributed by atoms with Gasteiger partial charge in [0.2, 0.25) is 24.0 Å². The molecule has 0 aliphatic carbocycles. The number of amides is 5. The molecule has 0 radical (unpaired) electrons. The average Bonchev–Trinajstić information content (AvgIpc) is 3.81. The summed E-state index contributed by atoms with van der Waals surface area (Å²) in [6.45, 7) is 7.78. The third kappa shape index (κ3) is 29.7. The number of nitrogens with zero attached hydrogens (tertiary/aromatic N) is 1. The van der Waals surface area contributed by atoms with E-state index >= 15 is 0 Å². The van der Waals surface area contributed by atoms with E-state index in [1.807, 2.05) is 0 Å². The zero-order chi connectivity index (χ0) is 58.3. The van der Waals surface area contributed by atoms with Crippen LogP contribution in [-0.4, -0.2) is 246 Å². The number of imide groups is 1. The highest BCUT2D eigenvalue weighted by atomic mass is 16.7. The number of aliphatic hydroxyl groups is 6. The maximum absolute atomic E-state index is 13.3. The van der Waals surface area contributed by atoms with E-state index in [1.165, 1.54) is 37.3 Å². The van der Waals surface area contributed by atoms with Crippen molar-refractivity contribution < 1.29 is 112 Å². The minimum Gasteiger partial charge on any atom is -0.461 e. The SMILES string of the molecule is COCCOCCOCCOCCOCCOCCOCCOCCC(=O)NCCCC[C@H](NC(=O)CCCCCN1C(=O)C=CC1=O)C(O)NCCC(=O)Nc1cc(COC(C)=O)ccc1O[C@@H]1O[C@H](C(O)O)[C@@H](O)[C@H](O)[C@H]1O. The molecule has 3 rings (SSSR count). The Morgan fingerprint density at radius 3 is 1.77 bits per heavy atom. The normalized spacial score (nSPS) is 18.9. The number of carbonyl (C=O) groups is 6. The first kappa shape index (κ1) is 69.4. The van der Waals surface area contributed by atoms with Gasteiger partial charge >= 0.3 is 5.97 Å². The average molecular weight is 1150 g/mol. The van der Waals surface area contributed by atoms with Gasteiger partial charge in [-0.25, -0.2) is 0 Å². The Morgan fingerprint density at radius 2 is 1.21 bits per heavy atom. The van der Waals surface area contributed by atoms with Crippen molar-refractivity contribution in [3.05, 3.63) is 35.9 Å². The lowest BCUT2D eigenvalue weighted by Crippen LogP contribution is -2.62. The molecule has 2 aliphatic rings. The summed E-state index contributed by atoms with van der Waals surface area (Å²) in [5.41, 5.74) is 0.402. The van der Waals surface area contributed by atoms with Gasteiger partial charge in [0.05, 0.1) is 111 Å². The van der Waals surface area contributed by atoms with Gasteiger partial charge in [-0.2, -0.15) is 0 Å². The molecule has 80 heavy (non-hydrogen) atoms. The molecule has 1 aromatic carbocycles. The van der Waals surface area contributed by atoms with Crippen molar-refractivity contribution in [2.75, 3.05) is 131 Å². The molecule has 1 fully saturated rings. The number of methoxy groups -OCH3 is 1. The molecule has 28 heteroatoms. The number of anilines is 1. The number of carbonyl (C=O) groups excluding carboxylic acids is 6. The lowest BCUT2D eigenvalue weighted by Gasteiger charge is -2.40. The highest BCUT2D eigenvalue weighted by Gasteiger charge is 2.47. The Balaban J connectivity index is 1.37. The number of nitrogens with one attached hydrogen (secondary N) is 4. The summed E-state index contributed by atoms with van der Waals surface area (Å²) in [6.07, 6.45) is -7.62. The molecular weight excluding hydrogens is 1060 g/mol. The van der Waals surface area contributed by atoms with E-state index in [0.29, 0.717) is 137 Å². The summed E-state index contributed by atoms with van der Waals surface area (Å²) in [5, 5.41) is 72.8. The zero-order valence-corrected chi connectivity index (χ0v) is 45.9. The topological polar surface area (TPSA) is 377 Å². The van der Waals surface area contributed by atoms with Crippen LogP contribution in [0.25, 0.3) is 0 Å². The number of rotatable bonds is 47. The molecule has 7 atom stereocenters. The van der Waals surface area contributed by atoms with Crippen molar-refractivity contribution in [2.24, 2.45) is 0 Å². The number of hydrogen-bond acceptors (Lipinski definition) is 24. The van der Waals surface area contributed by atoms with E-state index in [0.717, 1.165) is 4.90 Å². The van der Waals surface area contributed by atoms with Gasteiger partial charge in [0.25, 0.3) is 11.8 Å². The van der Waals surface area contributed by atoms with Crippen LogP contribution in [0.5, 0.6) is 5.75 Å². The first-order valence-corrected chi connectivity index (χ1v) is 26.9. The van der Waals surface area contributed by atoms with Gasteiger partial charge in [-0.1, -0.05) is 12.5 Å². The van der Waals surface area contributed by atoms with Crippen LogP contribution >= 0.6 is 0 Å². The Morgan fingerprint density at radius 1 is 0.637 bits per heavy atom. The van der Waals surface area contributed by atoms with Gasteiger partial charge in [-0.15, -0.1) is 0 Å². The molecule has 1 aromatic rings. The maximum atomic E-state index is 13.3. The lowest BCUT2D eigenvalue weighted by atomic mass is 9.98. The number of ether oxygens (including phenoxy) is 11. The van der Waals surface area contributed by atoms with E-state index in [1.54, 1.807) is 7.11 Å². The molecule has 5 amide bonds. The van der Waals surface area contributed by atoms with E-state index < -0.39 is 61.1 Å². The summed E-state index contributed by atoms with van der Waals surface area (Å²) >= 11 is 0. The molecule has 1 saturated heterocycles. The van der Waals surface area contributed by atoms with Gasteiger partial charge in [0, 0.05) is 65.1 Å². The summed E-state index contributed by atoms with van der Waals surface area (Å²) < 4.78 is 59.2. The van der Waals surface area contributed by atoms with E-state index in [2.05, 4.69) is 21.3 Å². The molecule has 0 bridgehead atoms. The number of unbranched alkanes of at least 4 members (excludes halogenated alkanes) is 3. The van der Waals surface area contributed by atoms with E-state index in [4.69, 9.17) is 52.1 Å². The molecule has 2 aliphatic heterocycles. The van der Waals surface area contributed by atoms with Crippen molar-refractivity contribution in [3.63, 3.8) is 0 Å². The second-order valence-electron chi connectivity index (χ2n) is 18.3. The van der Waals surface area contributed by atoms with E-state index in [9.17, 15) is 59.4 Å². The van der Waals surface area contributed by atoms with Crippen LogP contribution in [0.1, 0.15) is 70.3 Å². The fraction of sp³-hybridized carbons (Fsp3) is 0.731. The Bertz CT molecular complexity index is 1950. The second kappa shape index (κ2) is 42.0. The monoisotopic (exact) mass is 1150 g/mol. The lowest BCUT2D eigenvalue weighted by molar-refractivity contribution is -0.309. The second-order valence-corrected chi connectivity index (χ2v) is 18.3. The highest BCUT2D eigenvalue weighted by Crippen LogP contribution is 2.31. The smallest absolute Gasteiger partial charge is 0.302 e. The van der Waals surface area contributed by atoms with Gasteiger partial charge in [-0.3, -0.25) is 39.0 Å². The quantitative estimate of drug-likeness (QED) is 0.0145. The van der Waals surface area contributed by atoms with Crippen molar-refractivity contribution in [2.45, 2.75) is 121 Å². The molecular formula is C52H85N5O23. The largest absolute Gasteiger partial charge is 0.461 e. The zero-order valence-electron chi connectivity index (χ0n) is 45.9. The molecule has 0 aromatic heterocycles. The predicted molar refractivity (Wildman–Crippen MR) is 280 cm³/mol. The minimum atomic E-state index is -2.26. The summed E-state index contributed by atoms with van der Waals surface area (Å²) in [5.74, 6) is -2.66. The van der Waals surface area contributed by atoms with Crippen LogP contribution in [0.4, 0.5) is 5.69 Å². The van der Waals surface area contributed by atoms with Crippen LogP contribution in [0.15, 0.2) is 30.4 Å². The first-order chi connectivity index (χ1) is 38.6. The highest BCUT2D eigenvalue weighted by molar-refractivity contribution is 6.12. The molecule has 1 unspecified atom stereocenters. The van der Waals surface area contributed by atoms with Crippen LogP contribution < -0.4 is 26.0 Å². The summed E-state index contributed by atoms with van der Waals surface area (Å²) in [6, 6.07) is 3.40. The Hall–Kier alpha value is -4.86. The van der Waals surface area contributed by atoms with Gasteiger partial charge < -0.3 is 98.7 Å². The standard InChI is InChI=1S/C52H85N5O23/c1-36(58)78-35-37-10-11-40(79-52-48(66)46(64)47(65)49(80-52)51(68)69)39(34-37)56-43(61)14-17-54-50(67)38(55-42(60)9-4-3-7-18-57-44(62)12-13-45(57)63)8-5-6-16-53-41(59)15-19-71-22-23-73-26-27-75-30-31-77-33-32-76-29-28-74-25-24-72-21-20-70-2/h10-13,34,38,46-52,54,64-69H,3-9,14-33,35H2,1-2H3,(H,53,59)(H,55,60)(H,56,61)/t38-,46-,47-,48+,49-,50?,52+/m0/s1. The van der Waals surface area contributed by atoms with Crippen molar-refractivity contribution in [1.82, 2.24) is 20.9 Å². The van der Waals surface area contributed by atoms with Crippen LogP contribution in [0.3, 0.4) is 0 Å². The Kier molecular flexibility index (Phi) is 36.5. The molecule has 10 N–H and O–H groups in total. The van der Waals surface area contributed by atoms with Gasteiger partial charge in [0.1, 0.15) is 43.0 Å². The van der Waals surface area contributed by atoms with Crippen molar-refractivity contribution >= 4 is 41.2 Å². The van der Waals surface area contributed by atoms with Crippen molar-refractivity contribution in [3.8, 4) is 5.75 Å². The molecule has 0 spiro atoms. The number of esters is 1. The van der Waals surface area contributed by atoms with Gasteiger partial charge in [-0.05, 0) is 49.8 Å². The Labute approximate surface area is 465 Å². The van der Waals surface area contributed by atoms with Crippen LogP contribution in [-0.2, 0) is 82.7 Å². The summed E-state index contributed by atoms with van der Waals surface area (Å²) in [7, 11) is 1.62. The fourth-order valence-corrected chi connectivity index (χ4v) is 7.59. The third-order valence-corrected chi connectivity index (χ3v) is 11.9. The first-order valence-electron chi connectivity index (χ1n) is 26.9. The maximum Gasteiger partial charge on any atom is 0.302 e. The van der Waals surface area contributed by atoms with Crippen LogP contribution in [0, 0.1) is 0 Å². The third-order valence-electron chi connectivity index (χ3n) is 11.9. The molecule has 28 nitrogen and oxygen atoms in total. The number of benzene rings is 1. The number of aliphatic hydroxyl groups excluding tert-OH is 5. The molecule has 456 valence electrons.